The Morgan fingerprint density at radius 2 is 1.91 bits per heavy atom. The third kappa shape index (κ3) is 5.19. The van der Waals surface area contributed by atoms with Crippen molar-refractivity contribution >= 4 is 27.6 Å². The molecule has 2 N–H and O–H groups in total. The first-order valence-corrected chi connectivity index (χ1v) is 8.27. The molecule has 0 aromatic rings. The van der Waals surface area contributed by atoms with E-state index < -0.39 is 39.9 Å². The molecule has 0 bridgehead atoms. The highest BCUT2D eigenvalue weighted by Crippen LogP contribution is 2.18. The molecular formula is C12H17FN2O6S. The van der Waals surface area contributed by atoms with Crippen molar-refractivity contribution in [2.24, 2.45) is 0 Å². The van der Waals surface area contributed by atoms with Crippen LogP contribution in [-0.2, 0) is 24.4 Å². The first-order valence-electron chi connectivity index (χ1n) is 6.66. The molecular weight excluding hydrogens is 319 g/mol. The van der Waals surface area contributed by atoms with Crippen LogP contribution in [0.15, 0.2) is 12.0 Å². The van der Waals surface area contributed by atoms with Crippen molar-refractivity contribution < 1.29 is 32.4 Å². The van der Waals surface area contributed by atoms with Crippen LogP contribution in [0.5, 0.6) is 0 Å². The normalized spacial score (nSPS) is 15.7. The van der Waals surface area contributed by atoms with E-state index in [9.17, 15) is 27.2 Å². The van der Waals surface area contributed by atoms with E-state index in [4.69, 9.17) is 5.21 Å². The van der Waals surface area contributed by atoms with Gasteiger partial charge in [0, 0.05) is 6.42 Å². The minimum Gasteiger partial charge on any atom is -0.291 e. The lowest BCUT2D eigenvalue weighted by molar-refractivity contribution is -0.131. The summed E-state index contributed by atoms with van der Waals surface area (Å²) in [7, 11) is -4.00. The zero-order valence-electron chi connectivity index (χ0n) is 11.7. The number of hydrogen-bond donors (Lipinski definition) is 2. The Morgan fingerprint density at radius 1 is 1.27 bits per heavy atom. The largest absolute Gasteiger partial charge is 0.291 e. The Hall–Kier alpha value is -1.81. The molecule has 0 aromatic carbocycles. The Kier molecular flexibility index (Phi) is 6.62. The number of hydroxylamine groups is 1. The van der Waals surface area contributed by atoms with Gasteiger partial charge in [0.05, 0.1) is 18.4 Å². The van der Waals surface area contributed by atoms with Crippen molar-refractivity contribution in [1.29, 1.82) is 0 Å². The van der Waals surface area contributed by atoms with Gasteiger partial charge in [-0.3, -0.25) is 19.6 Å². The molecule has 1 rings (SSSR count). The Balaban J connectivity index is 2.43. The van der Waals surface area contributed by atoms with Crippen LogP contribution in [0.3, 0.4) is 0 Å². The quantitative estimate of drug-likeness (QED) is 0.286. The Morgan fingerprint density at radius 3 is 2.55 bits per heavy atom. The molecule has 1 aliphatic rings. The molecule has 1 aliphatic heterocycles. The molecule has 8 nitrogen and oxygen atoms in total. The van der Waals surface area contributed by atoms with Crippen LogP contribution in [0.25, 0.3) is 0 Å². The molecule has 1 heterocycles. The third-order valence-corrected chi connectivity index (χ3v) is 4.75. The van der Waals surface area contributed by atoms with Crippen LogP contribution in [0.1, 0.15) is 38.5 Å². The predicted octanol–water partition coefficient (Wildman–Crippen LogP) is 0.384. The van der Waals surface area contributed by atoms with E-state index >= 15 is 0 Å². The molecule has 0 atom stereocenters. The minimum absolute atomic E-state index is 0.129. The van der Waals surface area contributed by atoms with E-state index in [2.05, 4.69) is 0 Å². The lowest BCUT2D eigenvalue weighted by Gasteiger charge is -2.21. The molecule has 2 amide bonds. The van der Waals surface area contributed by atoms with Crippen molar-refractivity contribution in [2.75, 3.05) is 5.75 Å². The standard InChI is InChI=1S/C12H17FN2O6S/c13-9-8-15(12(18)7-10(9)16)22(20,21)6-4-2-1-3-5-11(17)14-19/h8,19H,1-7H2,(H,14,17). The van der Waals surface area contributed by atoms with Crippen molar-refractivity contribution in [2.45, 2.75) is 38.5 Å². The van der Waals surface area contributed by atoms with E-state index in [0.29, 0.717) is 25.5 Å². The summed E-state index contributed by atoms with van der Waals surface area (Å²) >= 11 is 0. The maximum absolute atomic E-state index is 13.1. The number of unbranched alkanes of at least 4 members (excludes halogenated alkanes) is 3. The van der Waals surface area contributed by atoms with Crippen molar-refractivity contribution in [3.05, 3.63) is 12.0 Å². The van der Waals surface area contributed by atoms with Crippen LogP contribution in [-0.4, -0.2) is 41.3 Å². The van der Waals surface area contributed by atoms with Crippen LogP contribution in [0.2, 0.25) is 0 Å². The molecule has 10 heteroatoms. The van der Waals surface area contributed by atoms with Gasteiger partial charge in [-0.05, 0) is 12.8 Å². The fourth-order valence-corrected chi connectivity index (χ4v) is 3.25. The lowest BCUT2D eigenvalue weighted by Crippen LogP contribution is -2.38. The number of amides is 2. The number of carbonyl (C=O) groups excluding carboxylic acids is 3. The molecule has 0 saturated heterocycles. The van der Waals surface area contributed by atoms with Crippen LogP contribution in [0.4, 0.5) is 4.39 Å². The van der Waals surface area contributed by atoms with Gasteiger partial charge in [-0.15, -0.1) is 0 Å². The average molecular weight is 336 g/mol. The van der Waals surface area contributed by atoms with Crippen molar-refractivity contribution in [1.82, 2.24) is 9.79 Å². The zero-order valence-corrected chi connectivity index (χ0v) is 12.6. The van der Waals surface area contributed by atoms with Crippen LogP contribution < -0.4 is 5.48 Å². The van der Waals surface area contributed by atoms with Gasteiger partial charge in [-0.1, -0.05) is 12.8 Å². The van der Waals surface area contributed by atoms with E-state index in [0.717, 1.165) is 0 Å². The minimum atomic E-state index is -4.00. The van der Waals surface area contributed by atoms with Crippen molar-refractivity contribution in [3.8, 4) is 0 Å². The van der Waals surface area contributed by atoms with Gasteiger partial charge in [-0.2, -0.15) is 0 Å². The zero-order chi connectivity index (χ0) is 16.8. The second-order valence-electron chi connectivity index (χ2n) is 4.78. The molecule has 0 spiro atoms. The second-order valence-corrected chi connectivity index (χ2v) is 6.75. The van der Waals surface area contributed by atoms with Gasteiger partial charge >= 0.3 is 0 Å². The van der Waals surface area contributed by atoms with Gasteiger partial charge in [0.1, 0.15) is 0 Å². The number of Topliss-reactive ketones (excluding diaryl/α,β-unsaturated/α-hetero) is 1. The topological polar surface area (TPSA) is 121 Å². The summed E-state index contributed by atoms with van der Waals surface area (Å²) in [4.78, 5) is 33.2. The second kappa shape index (κ2) is 7.99. The van der Waals surface area contributed by atoms with Gasteiger partial charge in [0.25, 0.3) is 0 Å². The number of carbonyl (C=O) groups is 3. The van der Waals surface area contributed by atoms with Gasteiger partial charge < -0.3 is 0 Å². The molecule has 0 fully saturated rings. The molecule has 0 radical (unpaired) electrons. The van der Waals surface area contributed by atoms with Crippen LogP contribution in [0, 0.1) is 0 Å². The highest BCUT2D eigenvalue weighted by atomic mass is 32.2. The summed E-state index contributed by atoms with van der Waals surface area (Å²) in [5, 5.41) is 8.28. The number of rotatable bonds is 8. The smallest absolute Gasteiger partial charge is 0.248 e. The fraction of sp³-hybridized carbons (Fsp3) is 0.583. The highest BCUT2D eigenvalue weighted by molar-refractivity contribution is 7.89. The Labute approximate surface area is 127 Å². The predicted molar refractivity (Wildman–Crippen MR) is 72.5 cm³/mol. The number of halogens is 1. The molecule has 22 heavy (non-hydrogen) atoms. The lowest BCUT2D eigenvalue weighted by atomic mass is 10.1. The maximum Gasteiger partial charge on any atom is 0.248 e. The molecule has 0 unspecified atom stereocenters. The summed E-state index contributed by atoms with van der Waals surface area (Å²) in [5.41, 5.74) is 1.49. The maximum atomic E-state index is 13.1. The highest BCUT2D eigenvalue weighted by Gasteiger charge is 2.33. The summed E-state index contributed by atoms with van der Waals surface area (Å²) < 4.78 is 37.2. The number of sulfonamides is 1. The van der Waals surface area contributed by atoms with Gasteiger partial charge in [-0.25, -0.2) is 22.6 Å². The average Bonchev–Trinajstić information content (AvgIpc) is 2.45. The monoisotopic (exact) mass is 336 g/mol. The number of hydrogen-bond acceptors (Lipinski definition) is 6. The van der Waals surface area contributed by atoms with E-state index in [-0.39, 0.29) is 22.9 Å². The third-order valence-electron chi connectivity index (χ3n) is 3.04. The van der Waals surface area contributed by atoms with E-state index in [1.165, 1.54) is 5.48 Å². The summed E-state index contributed by atoms with van der Waals surface area (Å²) in [6.45, 7) is 0. The van der Waals surface area contributed by atoms with E-state index in [1.807, 2.05) is 0 Å². The number of allylic oxidation sites excluding steroid dienone is 1. The number of nitrogens with zero attached hydrogens (tertiary/aromatic N) is 1. The summed E-state index contributed by atoms with van der Waals surface area (Å²) in [6, 6.07) is 0. The number of nitrogens with one attached hydrogen (secondary N) is 1. The fourth-order valence-electron chi connectivity index (χ4n) is 1.86. The van der Waals surface area contributed by atoms with Gasteiger partial charge in [0.15, 0.2) is 5.83 Å². The first kappa shape index (κ1) is 18.2. The molecule has 0 saturated carbocycles. The Bertz CT molecular complexity index is 586. The number of ketones is 1. The van der Waals surface area contributed by atoms with E-state index in [1.54, 1.807) is 0 Å². The molecule has 124 valence electrons. The van der Waals surface area contributed by atoms with Gasteiger partial charge in [0.2, 0.25) is 27.6 Å². The van der Waals surface area contributed by atoms with Crippen molar-refractivity contribution in [3.63, 3.8) is 0 Å². The summed E-state index contributed by atoms with van der Waals surface area (Å²) in [5.74, 6) is -4.12. The van der Waals surface area contributed by atoms with Crippen LogP contribution >= 0.6 is 0 Å². The molecule has 0 aliphatic carbocycles. The molecule has 0 aromatic heterocycles. The summed E-state index contributed by atoms with van der Waals surface area (Å²) in [6.07, 6.45) is 1.52. The SMILES string of the molecule is O=C(CCCCCCS(=O)(=O)N1C=C(F)C(=O)CC1=O)NO. The first-order chi connectivity index (χ1) is 10.3.